The minimum atomic E-state index is -0.677. The predicted molar refractivity (Wildman–Crippen MR) is 124 cm³/mol. The lowest BCUT2D eigenvalue weighted by atomic mass is 9.98. The third kappa shape index (κ3) is 5.62. The first-order valence-electron chi connectivity index (χ1n) is 10.9. The van der Waals surface area contributed by atoms with Crippen molar-refractivity contribution in [1.29, 1.82) is 0 Å². The van der Waals surface area contributed by atoms with Gasteiger partial charge in [0.1, 0.15) is 5.75 Å². The minimum absolute atomic E-state index is 0.230. The van der Waals surface area contributed by atoms with E-state index < -0.39 is 5.97 Å². The van der Waals surface area contributed by atoms with E-state index in [1.54, 1.807) is 19.5 Å². The smallest absolute Gasteiger partial charge is 0.307 e. The van der Waals surface area contributed by atoms with Crippen molar-refractivity contribution in [3.8, 4) is 16.9 Å². The second kappa shape index (κ2) is 10.2. The molecular weight excluding hydrogens is 404 g/mol. The van der Waals surface area contributed by atoms with Crippen LogP contribution in [0.15, 0.2) is 60.9 Å². The fraction of sp³-hybridized carbons (Fsp3) is 0.320. The Labute approximate surface area is 188 Å². The highest BCUT2D eigenvalue weighted by Crippen LogP contribution is 2.22. The van der Waals surface area contributed by atoms with Gasteiger partial charge in [-0.2, -0.15) is 0 Å². The number of likely N-dealkylation sites (tertiary alicyclic amines) is 1. The Morgan fingerprint density at radius 2 is 1.81 bits per heavy atom. The number of benzene rings is 2. The number of hydrogen-bond acceptors (Lipinski definition) is 6. The van der Waals surface area contributed by atoms with Crippen LogP contribution in [0.25, 0.3) is 11.1 Å². The highest BCUT2D eigenvalue weighted by atomic mass is 16.5. The number of rotatable bonds is 8. The Hall–Kier alpha value is -3.45. The van der Waals surface area contributed by atoms with Crippen LogP contribution in [0.2, 0.25) is 0 Å². The van der Waals surface area contributed by atoms with Gasteiger partial charge in [0.25, 0.3) is 0 Å². The minimum Gasteiger partial charge on any atom is -0.497 e. The zero-order valence-electron chi connectivity index (χ0n) is 18.2. The topological polar surface area (TPSA) is 87.6 Å². The quantitative estimate of drug-likeness (QED) is 0.551. The van der Waals surface area contributed by atoms with Crippen molar-refractivity contribution in [1.82, 2.24) is 14.9 Å². The van der Waals surface area contributed by atoms with E-state index in [1.807, 2.05) is 36.4 Å². The van der Waals surface area contributed by atoms with Crippen LogP contribution >= 0.6 is 0 Å². The van der Waals surface area contributed by atoms with Crippen LogP contribution in [0.5, 0.6) is 5.75 Å². The molecule has 0 bridgehead atoms. The fourth-order valence-corrected chi connectivity index (χ4v) is 3.96. The number of carbonyl (C=O) groups is 1. The molecule has 2 N–H and O–H groups in total. The number of ether oxygens (including phenoxy) is 1. The Kier molecular flexibility index (Phi) is 6.97. The third-order valence-corrected chi connectivity index (χ3v) is 5.86. The van der Waals surface area contributed by atoms with Gasteiger partial charge in [0.2, 0.25) is 5.95 Å². The standard InChI is InChI=1S/C25H28N4O3/c1-32-23-10-6-19(7-11-23)21-15-26-25(27-16-21)28-22-8-4-18(5-9-22)12-14-29-13-2-3-20(17-29)24(30)31/h4-11,15-16,20H,2-3,12-14,17H2,1H3,(H,30,31)(H,26,27,28). The van der Waals surface area contributed by atoms with E-state index in [4.69, 9.17) is 4.74 Å². The molecule has 1 unspecified atom stereocenters. The molecule has 1 aliphatic heterocycles. The van der Waals surface area contributed by atoms with E-state index in [0.29, 0.717) is 12.5 Å². The van der Waals surface area contributed by atoms with Crippen LogP contribution in [0.4, 0.5) is 11.6 Å². The molecule has 1 fully saturated rings. The molecule has 1 aliphatic rings. The van der Waals surface area contributed by atoms with Crippen molar-refractivity contribution < 1.29 is 14.6 Å². The van der Waals surface area contributed by atoms with Gasteiger partial charge in [-0.15, -0.1) is 0 Å². The van der Waals surface area contributed by atoms with E-state index in [-0.39, 0.29) is 5.92 Å². The van der Waals surface area contributed by atoms with Crippen molar-refractivity contribution in [3.05, 3.63) is 66.5 Å². The van der Waals surface area contributed by atoms with Gasteiger partial charge in [0.15, 0.2) is 0 Å². The summed E-state index contributed by atoms with van der Waals surface area (Å²) in [5.74, 6) is 0.454. The molecule has 0 aliphatic carbocycles. The highest BCUT2D eigenvalue weighted by Gasteiger charge is 2.24. The van der Waals surface area contributed by atoms with Crippen LogP contribution in [-0.4, -0.2) is 52.7 Å². The maximum Gasteiger partial charge on any atom is 0.307 e. The number of methoxy groups -OCH3 is 1. The van der Waals surface area contributed by atoms with Crippen molar-refractivity contribution in [2.24, 2.45) is 5.92 Å². The first-order valence-corrected chi connectivity index (χ1v) is 10.9. The van der Waals surface area contributed by atoms with Gasteiger partial charge in [-0.3, -0.25) is 4.79 Å². The van der Waals surface area contributed by atoms with Gasteiger partial charge in [0.05, 0.1) is 13.0 Å². The molecule has 1 aromatic heterocycles. The van der Waals surface area contributed by atoms with E-state index >= 15 is 0 Å². The second-order valence-electron chi connectivity index (χ2n) is 8.07. The largest absolute Gasteiger partial charge is 0.497 e. The summed E-state index contributed by atoms with van der Waals surface area (Å²) in [6, 6.07) is 16.0. The number of nitrogens with one attached hydrogen (secondary N) is 1. The van der Waals surface area contributed by atoms with E-state index in [1.165, 1.54) is 5.56 Å². The second-order valence-corrected chi connectivity index (χ2v) is 8.07. The van der Waals surface area contributed by atoms with E-state index in [2.05, 4.69) is 32.3 Å². The maximum atomic E-state index is 11.2. The molecule has 32 heavy (non-hydrogen) atoms. The van der Waals surface area contributed by atoms with E-state index in [0.717, 1.165) is 54.9 Å². The average molecular weight is 433 g/mol. The Balaban J connectivity index is 1.30. The molecule has 0 radical (unpaired) electrons. The lowest BCUT2D eigenvalue weighted by Gasteiger charge is -2.30. The Morgan fingerprint density at radius 3 is 2.47 bits per heavy atom. The Bertz CT molecular complexity index is 1020. The fourth-order valence-electron chi connectivity index (χ4n) is 3.96. The number of anilines is 2. The molecule has 0 amide bonds. The van der Waals surface area contributed by atoms with Gasteiger partial charge in [0, 0.05) is 36.7 Å². The SMILES string of the molecule is COc1ccc(-c2cnc(Nc3ccc(CCN4CCCC(C(=O)O)C4)cc3)nc2)cc1. The number of piperidine rings is 1. The predicted octanol–water partition coefficient (Wildman–Crippen LogP) is 4.23. The van der Waals surface area contributed by atoms with Gasteiger partial charge in [-0.05, 0) is 61.2 Å². The molecule has 7 nitrogen and oxygen atoms in total. The van der Waals surface area contributed by atoms with Crippen molar-refractivity contribution in [2.75, 3.05) is 32.1 Å². The summed E-state index contributed by atoms with van der Waals surface area (Å²) < 4.78 is 5.19. The molecule has 0 saturated carbocycles. The third-order valence-electron chi connectivity index (χ3n) is 5.86. The Morgan fingerprint density at radius 1 is 1.09 bits per heavy atom. The summed E-state index contributed by atoms with van der Waals surface area (Å²) in [7, 11) is 1.65. The molecule has 2 heterocycles. The van der Waals surface area contributed by atoms with Gasteiger partial charge in [-0.1, -0.05) is 24.3 Å². The summed E-state index contributed by atoms with van der Waals surface area (Å²) in [5.41, 5.74) is 4.13. The van der Waals surface area contributed by atoms with Crippen molar-refractivity contribution in [2.45, 2.75) is 19.3 Å². The number of carboxylic acid groups (broad SMARTS) is 1. The molecule has 1 atom stereocenters. The number of nitrogens with zero attached hydrogens (tertiary/aromatic N) is 3. The first-order chi connectivity index (χ1) is 15.6. The number of aliphatic carboxylic acids is 1. The summed E-state index contributed by atoms with van der Waals surface area (Å²) >= 11 is 0. The summed E-state index contributed by atoms with van der Waals surface area (Å²) in [6.07, 6.45) is 6.25. The lowest BCUT2D eigenvalue weighted by Crippen LogP contribution is -2.39. The van der Waals surface area contributed by atoms with Crippen LogP contribution in [0.3, 0.4) is 0 Å². The molecule has 0 spiro atoms. The van der Waals surface area contributed by atoms with Gasteiger partial charge < -0.3 is 20.1 Å². The summed E-state index contributed by atoms with van der Waals surface area (Å²) in [4.78, 5) is 22.3. The van der Waals surface area contributed by atoms with Gasteiger partial charge in [-0.25, -0.2) is 9.97 Å². The molecule has 7 heteroatoms. The van der Waals surface area contributed by atoms with Crippen LogP contribution in [-0.2, 0) is 11.2 Å². The average Bonchev–Trinajstić information content (AvgIpc) is 2.84. The molecular formula is C25H28N4O3. The zero-order valence-corrected chi connectivity index (χ0v) is 18.2. The zero-order chi connectivity index (χ0) is 22.3. The molecule has 166 valence electrons. The van der Waals surface area contributed by atoms with Crippen molar-refractivity contribution >= 4 is 17.6 Å². The molecule has 4 rings (SSSR count). The van der Waals surface area contributed by atoms with Crippen LogP contribution in [0.1, 0.15) is 18.4 Å². The highest BCUT2D eigenvalue weighted by molar-refractivity contribution is 5.70. The number of hydrogen-bond donors (Lipinski definition) is 2. The van der Waals surface area contributed by atoms with Gasteiger partial charge >= 0.3 is 5.97 Å². The monoisotopic (exact) mass is 432 g/mol. The van der Waals surface area contributed by atoms with Crippen LogP contribution in [0, 0.1) is 5.92 Å². The number of aromatic nitrogens is 2. The lowest BCUT2D eigenvalue weighted by molar-refractivity contribution is -0.143. The van der Waals surface area contributed by atoms with Crippen molar-refractivity contribution in [3.63, 3.8) is 0 Å². The molecule has 1 saturated heterocycles. The maximum absolute atomic E-state index is 11.2. The summed E-state index contributed by atoms with van der Waals surface area (Å²) in [6.45, 7) is 2.51. The van der Waals surface area contributed by atoms with Crippen LogP contribution < -0.4 is 10.1 Å². The van der Waals surface area contributed by atoms with E-state index in [9.17, 15) is 9.90 Å². The number of carboxylic acids is 1. The molecule has 2 aromatic carbocycles. The normalized spacial score (nSPS) is 16.5. The summed E-state index contributed by atoms with van der Waals surface area (Å²) in [5, 5.41) is 12.5. The first kappa shape index (κ1) is 21.8. The molecule has 3 aromatic rings.